The SMILES string of the molecule is CCN1CCN(Cc2ccc(-c3cc4ncnc(N[C@H](COC)c5ccccc5)c4s3)cc2)CC1. The van der Waals surface area contributed by atoms with E-state index < -0.39 is 0 Å². The van der Waals surface area contributed by atoms with Crippen LogP contribution in [0.25, 0.3) is 20.7 Å². The second kappa shape index (κ2) is 11.3. The molecule has 0 unspecified atom stereocenters. The number of piperazine rings is 1. The number of benzene rings is 2. The summed E-state index contributed by atoms with van der Waals surface area (Å²) >= 11 is 1.73. The molecule has 5 rings (SSSR count). The van der Waals surface area contributed by atoms with Gasteiger partial charge in [0.15, 0.2) is 0 Å². The Kier molecular flexibility index (Phi) is 7.69. The van der Waals surface area contributed by atoms with Crippen LogP contribution in [-0.4, -0.2) is 66.2 Å². The molecule has 0 amide bonds. The highest BCUT2D eigenvalue weighted by Gasteiger charge is 2.17. The fourth-order valence-electron chi connectivity index (χ4n) is 4.63. The van der Waals surface area contributed by atoms with Gasteiger partial charge in [0.2, 0.25) is 0 Å². The largest absolute Gasteiger partial charge is 0.382 e. The maximum atomic E-state index is 5.49. The summed E-state index contributed by atoms with van der Waals surface area (Å²) in [6, 6.07) is 21.5. The predicted molar refractivity (Wildman–Crippen MR) is 145 cm³/mol. The molecule has 0 bridgehead atoms. The summed E-state index contributed by atoms with van der Waals surface area (Å²) in [5.74, 6) is 0.847. The van der Waals surface area contributed by atoms with Crippen molar-refractivity contribution in [3.63, 3.8) is 0 Å². The molecule has 0 radical (unpaired) electrons. The number of fused-ring (bicyclic) bond motifs is 1. The number of methoxy groups -OCH3 is 1. The van der Waals surface area contributed by atoms with E-state index in [4.69, 9.17) is 4.74 Å². The normalized spacial score (nSPS) is 15.9. The Morgan fingerprint density at radius 1 is 0.971 bits per heavy atom. The van der Waals surface area contributed by atoms with Crippen LogP contribution in [0.3, 0.4) is 0 Å². The fourth-order valence-corrected chi connectivity index (χ4v) is 5.70. The quantitative estimate of drug-likeness (QED) is 0.346. The first kappa shape index (κ1) is 23.9. The Bertz CT molecular complexity index is 1220. The lowest BCUT2D eigenvalue weighted by atomic mass is 10.1. The second-order valence-corrected chi connectivity index (χ2v) is 10.1. The van der Waals surface area contributed by atoms with E-state index in [9.17, 15) is 0 Å². The lowest BCUT2D eigenvalue weighted by molar-refractivity contribution is 0.132. The number of thiophene rings is 1. The van der Waals surface area contributed by atoms with Gasteiger partial charge in [-0.05, 0) is 29.3 Å². The Labute approximate surface area is 211 Å². The number of nitrogens with one attached hydrogen (secondary N) is 1. The van der Waals surface area contributed by atoms with Gasteiger partial charge in [0.1, 0.15) is 12.1 Å². The van der Waals surface area contributed by atoms with Crippen molar-refractivity contribution < 1.29 is 4.74 Å². The molecule has 7 heteroatoms. The number of rotatable bonds is 9. The monoisotopic (exact) mass is 487 g/mol. The molecule has 0 saturated carbocycles. The number of anilines is 1. The summed E-state index contributed by atoms with van der Waals surface area (Å²) in [5.41, 5.74) is 4.72. The van der Waals surface area contributed by atoms with E-state index in [1.165, 1.54) is 34.7 Å². The van der Waals surface area contributed by atoms with Crippen LogP contribution in [0.4, 0.5) is 5.82 Å². The number of nitrogens with zero attached hydrogens (tertiary/aromatic N) is 4. The van der Waals surface area contributed by atoms with Crippen LogP contribution in [-0.2, 0) is 11.3 Å². The fraction of sp³-hybridized carbons (Fsp3) is 0.357. The number of ether oxygens (including phenoxy) is 1. The molecule has 35 heavy (non-hydrogen) atoms. The van der Waals surface area contributed by atoms with Crippen LogP contribution in [0.5, 0.6) is 0 Å². The van der Waals surface area contributed by atoms with Gasteiger partial charge in [-0.2, -0.15) is 0 Å². The van der Waals surface area contributed by atoms with E-state index >= 15 is 0 Å². The van der Waals surface area contributed by atoms with Gasteiger partial charge in [0.25, 0.3) is 0 Å². The molecule has 182 valence electrons. The van der Waals surface area contributed by atoms with Crippen LogP contribution >= 0.6 is 11.3 Å². The van der Waals surface area contributed by atoms with Gasteiger partial charge in [-0.3, -0.25) is 4.90 Å². The topological polar surface area (TPSA) is 53.5 Å². The summed E-state index contributed by atoms with van der Waals surface area (Å²) in [5, 5.41) is 3.59. The van der Waals surface area contributed by atoms with Gasteiger partial charge in [-0.1, -0.05) is 61.5 Å². The van der Waals surface area contributed by atoms with Gasteiger partial charge in [-0.15, -0.1) is 11.3 Å². The van der Waals surface area contributed by atoms with Crippen molar-refractivity contribution in [2.24, 2.45) is 0 Å². The third-order valence-electron chi connectivity index (χ3n) is 6.71. The van der Waals surface area contributed by atoms with Crippen molar-refractivity contribution in [1.29, 1.82) is 0 Å². The van der Waals surface area contributed by atoms with Gasteiger partial charge < -0.3 is 15.0 Å². The molecule has 1 aliphatic heterocycles. The van der Waals surface area contributed by atoms with E-state index in [0.29, 0.717) is 6.61 Å². The maximum Gasteiger partial charge on any atom is 0.148 e. The van der Waals surface area contributed by atoms with E-state index in [0.717, 1.165) is 42.2 Å². The summed E-state index contributed by atoms with van der Waals surface area (Å²) in [4.78, 5) is 15.4. The van der Waals surface area contributed by atoms with Crippen LogP contribution in [0.1, 0.15) is 24.1 Å². The van der Waals surface area contributed by atoms with E-state index in [1.54, 1.807) is 24.8 Å². The molecule has 0 aliphatic carbocycles. The molecule has 1 atom stereocenters. The number of hydrogen-bond acceptors (Lipinski definition) is 7. The Morgan fingerprint density at radius 3 is 2.43 bits per heavy atom. The molecule has 1 N–H and O–H groups in total. The summed E-state index contributed by atoms with van der Waals surface area (Å²) in [7, 11) is 1.73. The highest BCUT2D eigenvalue weighted by molar-refractivity contribution is 7.22. The molecule has 6 nitrogen and oxygen atoms in total. The highest BCUT2D eigenvalue weighted by Crippen LogP contribution is 2.36. The minimum atomic E-state index is 0.0170. The Morgan fingerprint density at radius 2 is 1.71 bits per heavy atom. The molecule has 1 saturated heterocycles. The molecule has 1 aliphatic rings. The lowest BCUT2D eigenvalue weighted by Crippen LogP contribution is -2.45. The third-order valence-corrected chi connectivity index (χ3v) is 7.89. The van der Waals surface area contributed by atoms with Crippen molar-refractivity contribution in [3.8, 4) is 10.4 Å². The lowest BCUT2D eigenvalue weighted by Gasteiger charge is -2.34. The van der Waals surface area contributed by atoms with Gasteiger partial charge in [-0.25, -0.2) is 9.97 Å². The predicted octanol–water partition coefficient (Wildman–Crippen LogP) is 5.30. The first-order valence-corrected chi connectivity index (χ1v) is 13.1. The molecule has 3 heterocycles. The zero-order chi connectivity index (χ0) is 24.0. The number of hydrogen-bond donors (Lipinski definition) is 1. The highest BCUT2D eigenvalue weighted by atomic mass is 32.1. The Balaban J connectivity index is 1.32. The van der Waals surface area contributed by atoms with Gasteiger partial charge in [0, 0.05) is 44.7 Å². The van der Waals surface area contributed by atoms with Crippen LogP contribution in [0.2, 0.25) is 0 Å². The van der Waals surface area contributed by atoms with E-state index in [2.05, 4.69) is 74.5 Å². The summed E-state index contributed by atoms with van der Waals surface area (Å²) in [6.45, 7) is 9.60. The molecule has 4 aromatic rings. The number of aromatic nitrogens is 2. The van der Waals surface area contributed by atoms with Crippen LogP contribution in [0.15, 0.2) is 67.0 Å². The van der Waals surface area contributed by atoms with Crippen molar-refractivity contribution in [3.05, 3.63) is 78.1 Å². The van der Waals surface area contributed by atoms with E-state index in [1.807, 2.05) is 18.2 Å². The second-order valence-electron chi connectivity index (χ2n) is 9.02. The van der Waals surface area contributed by atoms with Crippen LogP contribution in [0, 0.1) is 0 Å². The van der Waals surface area contributed by atoms with Crippen LogP contribution < -0.4 is 5.32 Å². The Hall–Kier alpha value is -2.84. The van der Waals surface area contributed by atoms with Crippen molar-refractivity contribution in [2.45, 2.75) is 19.5 Å². The van der Waals surface area contributed by atoms with E-state index in [-0.39, 0.29) is 6.04 Å². The first-order valence-electron chi connectivity index (χ1n) is 12.3. The third kappa shape index (κ3) is 5.70. The van der Waals surface area contributed by atoms with Crippen molar-refractivity contribution in [2.75, 3.05) is 51.8 Å². The zero-order valence-electron chi connectivity index (χ0n) is 20.5. The summed E-state index contributed by atoms with van der Waals surface area (Å²) < 4.78 is 6.55. The smallest absolute Gasteiger partial charge is 0.148 e. The molecule has 1 fully saturated rings. The summed E-state index contributed by atoms with van der Waals surface area (Å²) in [6.07, 6.45) is 1.64. The minimum absolute atomic E-state index is 0.0170. The standard InChI is InChI=1S/C28H33N5OS/c1-3-32-13-15-33(16-14-32)18-21-9-11-23(12-10-21)26-17-24-27(35-26)28(30-20-29-24)31-25(19-34-2)22-7-5-4-6-8-22/h4-12,17,20,25H,3,13-16,18-19H2,1-2H3,(H,29,30,31)/t25-/m1/s1. The van der Waals surface area contributed by atoms with Gasteiger partial charge >= 0.3 is 0 Å². The molecular formula is C28H33N5OS. The van der Waals surface area contributed by atoms with Gasteiger partial charge in [0.05, 0.1) is 22.9 Å². The average molecular weight is 488 g/mol. The maximum absolute atomic E-state index is 5.49. The molecule has 0 spiro atoms. The molecule has 2 aromatic heterocycles. The average Bonchev–Trinajstić information content (AvgIpc) is 3.35. The zero-order valence-corrected chi connectivity index (χ0v) is 21.3. The van der Waals surface area contributed by atoms with Crippen molar-refractivity contribution >= 4 is 27.4 Å². The molecular weight excluding hydrogens is 454 g/mol. The molecule has 2 aromatic carbocycles. The number of likely N-dealkylation sites (N-methyl/N-ethyl adjacent to an activating group) is 1. The first-order chi connectivity index (χ1) is 17.2. The van der Waals surface area contributed by atoms with Crippen molar-refractivity contribution in [1.82, 2.24) is 19.8 Å². The minimum Gasteiger partial charge on any atom is -0.382 e.